The molecule has 1 saturated carbocycles. The van der Waals surface area contributed by atoms with Gasteiger partial charge in [-0.05, 0) is 24.7 Å². The van der Waals surface area contributed by atoms with Crippen molar-refractivity contribution < 1.29 is 15.0 Å². The third-order valence-corrected chi connectivity index (χ3v) is 3.31. The maximum Gasteiger partial charge on any atom is 0.323 e. The number of carboxylic acids is 1. The SMILES string of the molecule is CCC1(C(O)C(N)C(=O)O)CCC1. The highest BCUT2D eigenvalue weighted by atomic mass is 16.4. The van der Waals surface area contributed by atoms with Gasteiger partial charge in [0, 0.05) is 0 Å². The molecule has 13 heavy (non-hydrogen) atoms. The van der Waals surface area contributed by atoms with Crippen LogP contribution in [0.5, 0.6) is 0 Å². The summed E-state index contributed by atoms with van der Waals surface area (Å²) >= 11 is 0. The minimum absolute atomic E-state index is 0.224. The molecule has 4 heteroatoms. The molecule has 0 aliphatic heterocycles. The van der Waals surface area contributed by atoms with Crippen molar-refractivity contribution >= 4 is 5.97 Å². The smallest absolute Gasteiger partial charge is 0.323 e. The Morgan fingerprint density at radius 3 is 2.38 bits per heavy atom. The predicted octanol–water partition coefficient (Wildman–Crippen LogP) is 0.339. The van der Waals surface area contributed by atoms with E-state index < -0.39 is 18.1 Å². The number of hydrogen-bond donors (Lipinski definition) is 3. The maximum absolute atomic E-state index is 10.6. The van der Waals surface area contributed by atoms with E-state index in [4.69, 9.17) is 10.8 Å². The Hall–Kier alpha value is -0.610. The summed E-state index contributed by atoms with van der Waals surface area (Å²) in [5.74, 6) is -1.12. The molecule has 1 aliphatic rings. The highest BCUT2D eigenvalue weighted by Gasteiger charge is 2.46. The van der Waals surface area contributed by atoms with Crippen molar-refractivity contribution in [3.8, 4) is 0 Å². The molecule has 4 nitrogen and oxygen atoms in total. The zero-order valence-electron chi connectivity index (χ0n) is 7.86. The van der Waals surface area contributed by atoms with E-state index in [-0.39, 0.29) is 5.41 Å². The second-order valence-electron chi connectivity index (χ2n) is 3.88. The number of nitrogens with two attached hydrogens (primary N) is 1. The van der Waals surface area contributed by atoms with Gasteiger partial charge in [-0.3, -0.25) is 4.79 Å². The second kappa shape index (κ2) is 3.64. The van der Waals surface area contributed by atoms with Crippen LogP contribution in [0.4, 0.5) is 0 Å². The number of carboxylic acid groups (broad SMARTS) is 1. The molecule has 4 N–H and O–H groups in total. The Bertz CT molecular complexity index is 196. The Morgan fingerprint density at radius 2 is 2.15 bits per heavy atom. The van der Waals surface area contributed by atoms with Crippen LogP contribution in [0.25, 0.3) is 0 Å². The molecule has 0 aromatic heterocycles. The Balaban J connectivity index is 2.64. The molecule has 2 atom stereocenters. The number of hydrogen-bond acceptors (Lipinski definition) is 3. The summed E-state index contributed by atoms with van der Waals surface area (Å²) in [4.78, 5) is 10.6. The minimum atomic E-state index is -1.14. The van der Waals surface area contributed by atoms with E-state index in [1.165, 1.54) is 0 Å². The van der Waals surface area contributed by atoms with Crippen molar-refractivity contribution in [1.82, 2.24) is 0 Å². The summed E-state index contributed by atoms with van der Waals surface area (Å²) in [6.45, 7) is 1.97. The van der Waals surface area contributed by atoms with Crippen LogP contribution in [-0.4, -0.2) is 28.3 Å². The van der Waals surface area contributed by atoms with Gasteiger partial charge in [0.15, 0.2) is 0 Å². The third-order valence-electron chi connectivity index (χ3n) is 3.31. The normalized spacial score (nSPS) is 24.5. The molecule has 0 aromatic carbocycles. The number of carbonyl (C=O) groups is 1. The molecule has 0 heterocycles. The fourth-order valence-corrected chi connectivity index (χ4v) is 2.01. The third kappa shape index (κ3) is 1.69. The van der Waals surface area contributed by atoms with E-state index in [0.717, 1.165) is 25.7 Å². The lowest BCUT2D eigenvalue weighted by Crippen LogP contribution is -2.54. The molecular weight excluding hydrogens is 170 g/mol. The minimum Gasteiger partial charge on any atom is -0.480 e. The average Bonchev–Trinajstić information content (AvgIpc) is 2.01. The standard InChI is InChI=1S/C9H17NO3/c1-2-9(4-3-5-9)7(11)6(10)8(12)13/h6-7,11H,2-5,10H2,1H3,(H,12,13). The largest absolute Gasteiger partial charge is 0.480 e. The Morgan fingerprint density at radius 1 is 1.62 bits per heavy atom. The van der Waals surface area contributed by atoms with Crippen LogP contribution >= 0.6 is 0 Å². The van der Waals surface area contributed by atoms with Gasteiger partial charge in [-0.1, -0.05) is 13.3 Å². The number of aliphatic hydroxyl groups is 1. The molecule has 0 aromatic rings. The van der Waals surface area contributed by atoms with Crippen molar-refractivity contribution in [1.29, 1.82) is 0 Å². The first-order valence-electron chi connectivity index (χ1n) is 4.70. The van der Waals surface area contributed by atoms with Gasteiger partial charge in [-0.25, -0.2) is 0 Å². The summed E-state index contributed by atoms with van der Waals surface area (Å²) in [5, 5.41) is 18.4. The lowest BCUT2D eigenvalue weighted by Gasteiger charge is -2.46. The van der Waals surface area contributed by atoms with Crippen molar-refractivity contribution in [2.75, 3.05) is 0 Å². The van der Waals surface area contributed by atoms with E-state index in [9.17, 15) is 9.90 Å². The van der Waals surface area contributed by atoms with Gasteiger partial charge in [-0.2, -0.15) is 0 Å². The summed E-state index contributed by atoms with van der Waals surface area (Å²) in [5.41, 5.74) is 5.16. The zero-order valence-corrected chi connectivity index (χ0v) is 7.86. The first-order valence-corrected chi connectivity index (χ1v) is 4.70. The van der Waals surface area contributed by atoms with E-state index in [0.29, 0.717) is 0 Å². The van der Waals surface area contributed by atoms with Crippen LogP contribution in [0.3, 0.4) is 0 Å². The fourth-order valence-electron chi connectivity index (χ4n) is 2.01. The van der Waals surface area contributed by atoms with Crippen LogP contribution in [0.15, 0.2) is 0 Å². The maximum atomic E-state index is 10.6. The van der Waals surface area contributed by atoms with E-state index in [1.807, 2.05) is 6.92 Å². The van der Waals surface area contributed by atoms with Gasteiger partial charge in [0.05, 0.1) is 6.10 Å². The summed E-state index contributed by atoms with van der Waals surface area (Å²) in [6, 6.07) is -1.14. The van der Waals surface area contributed by atoms with Gasteiger partial charge < -0.3 is 15.9 Å². The second-order valence-corrected chi connectivity index (χ2v) is 3.88. The monoisotopic (exact) mass is 187 g/mol. The van der Waals surface area contributed by atoms with Crippen molar-refractivity contribution in [2.24, 2.45) is 11.1 Å². The molecule has 0 radical (unpaired) electrons. The topological polar surface area (TPSA) is 83.5 Å². The highest BCUT2D eigenvalue weighted by molar-refractivity contribution is 5.74. The molecule has 0 saturated heterocycles. The summed E-state index contributed by atoms with van der Waals surface area (Å²) < 4.78 is 0. The first-order chi connectivity index (χ1) is 6.03. The molecule has 1 rings (SSSR count). The van der Waals surface area contributed by atoms with Crippen LogP contribution < -0.4 is 5.73 Å². The fraction of sp³-hybridized carbons (Fsp3) is 0.889. The van der Waals surface area contributed by atoms with Crippen molar-refractivity contribution in [2.45, 2.75) is 44.8 Å². The molecule has 1 aliphatic carbocycles. The summed E-state index contributed by atoms with van der Waals surface area (Å²) in [6.07, 6.45) is 2.76. The number of aliphatic carboxylic acids is 1. The Kier molecular flexibility index (Phi) is 2.93. The summed E-state index contributed by atoms with van der Waals surface area (Å²) in [7, 11) is 0. The number of rotatable bonds is 4. The van der Waals surface area contributed by atoms with Gasteiger partial charge in [0.1, 0.15) is 6.04 Å². The molecule has 76 valence electrons. The van der Waals surface area contributed by atoms with Crippen LogP contribution in [0.1, 0.15) is 32.6 Å². The first kappa shape index (κ1) is 10.5. The lowest BCUT2D eigenvalue weighted by molar-refractivity contribution is -0.146. The molecule has 1 fully saturated rings. The molecule has 0 spiro atoms. The Labute approximate surface area is 77.7 Å². The van der Waals surface area contributed by atoms with Gasteiger partial charge >= 0.3 is 5.97 Å². The van der Waals surface area contributed by atoms with E-state index in [2.05, 4.69) is 0 Å². The van der Waals surface area contributed by atoms with Gasteiger partial charge in [0.25, 0.3) is 0 Å². The van der Waals surface area contributed by atoms with Gasteiger partial charge in [0.2, 0.25) is 0 Å². The lowest BCUT2D eigenvalue weighted by atomic mass is 9.62. The van der Waals surface area contributed by atoms with Crippen molar-refractivity contribution in [3.63, 3.8) is 0 Å². The zero-order chi connectivity index (χ0) is 10.1. The average molecular weight is 187 g/mol. The molecular formula is C9H17NO3. The number of aliphatic hydroxyl groups excluding tert-OH is 1. The van der Waals surface area contributed by atoms with E-state index >= 15 is 0 Å². The highest BCUT2D eigenvalue weighted by Crippen LogP contribution is 2.47. The molecule has 0 amide bonds. The van der Waals surface area contributed by atoms with Crippen molar-refractivity contribution in [3.05, 3.63) is 0 Å². The quantitative estimate of drug-likeness (QED) is 0.592. The molecule has 2 unspecified atom stereocenters. The van der Waals surface area contributed by atoms with Crippen LogP contribution in [0.2, 0.25) is 0 Å². The van der Waals surface area contributed by atoms with E-state index in [1.54, 1.807) is 0 Å². The van der Waals surface area contributed by atoms with Gasteiger partial charge in [-0.15, -0.1) is 0 Å². The van der Waals surface area contributed by atoms with Crippen LogP contribution in [-0.2, 0) is 4.79 Å². The van der Waals surface area contributed by atoms with Crippen LogP contribution in [0, 0.1) is 5.41 Å². The molecule has 0 bridgehead atoms. The predicted molar refractivity (Wildman–Crippen MR) is 48.2 cm³/mol.